The molecule has 0 saturated heterocycles. The van der Waals surface area contributed by atoms with E-state index in [2.05, 4.69) is 10.3 Å². The van der Waals surface area contributed by atoms with Crippen LogP contribution in [0.1, 0.15) is 18.1 Å². The highest BCUT2D eigenvalue weighted by molar-refractivity contribution is 6.04. The Bertz CT molecular complexity index is 911. The van der Waals surface area contributed by atoms with E-state index in [1.165, 1.54) is 6.08 Å². The number of nitrogens with zero attached hydrogens (tertiary/aromatic N) is 1. The van der Waals surface area contributed by atoms with Crippen LogP contribution in [-0.4, -0.2) is 18.0 Å². The van der Waals surface area contributed by atoms with Crippen molar-refractivity contribution in [1.82, 2.24) is 4.98 Å². The third-order valence-corrected chi connectivity index (χ3v) is 3.78. The SMILES string of the molecule is COc1cc2occ(C)c2cc1/C(C)=C/C(=O)Nc1ccccn1. The van der Waals surface area contributed by atoms with Gasteiger partial charge in [-0.15, -0.1) is 0 Å². The Balaban J connectivity index is 1.93. The van der Waals surface area contributed by atoms with Crippen molar-refractivity contribution >= 4 is 28.3 Å². The van der Waals surface area contributed by atoms with Crippen molar-refractivity contribution in [3.05, 3.63) is 60.0 Å². The van der Waals surface area contributed by atoms with Gasteiger partial charge < -0.3 is 14.5 Å². The fourth-order valence-electron chi connectivity index (χ4n) is 2.53. The second-order valence-corrected chi connectivity index (χ2v) is 5.50. The number of methoxy groups -OCH3 is 1. The molecule has 0 saturated carbocycles. The molecule has 1 N–H and O–H groups in total. The van der Waals surface area contributed by atoms with E-state index in [1.54, 1.807) is 31.7 Å². The predicted octanol–water partition coefficient (Wildman–Crippen LogP) is 4.19. The number of hydrogen-bond acceptors (Lipinski definition) is 4. The minimum Gasteiger partial charge on any atom is -0.496 e. The number of aromatic nitrogens is 1. The molecule has 2 heterocycles. The van der Waals surface area contributed by atoms with Crippen LogP contribution in [0.3, 0.4) is 0 Å². The van der Waals surface area contributed by atoms with E-state index >= 15 is 0 Å². The zero-order valence-corrected chi connectivity index (χ0v) is 13.8. The zero-order valence-electron chi connectivity index (χ0n) is 13.8. The Kier molecular flexibility index (Phi) is 4.33. The van der Waals surface area contributed by atoms with Gasteiger partial charge in [0.1, 0.15) is 17.2 Å². The summed E-state index contributed by atoms with van der Waals surface area (Å²) in [5, 5.41) is 3.74. The summed E-state index contributed by atoms with van der Waals surface area (Å²) >= 11 is 0. The third kappa shape index (κ3) is 3.15. The molecule has 0 aliphatic carbocycles. The summed E-state index contributed by atoms with van der Waals surface area (Å²) in [6, 6.07) is 9.17. The lowest BCUT2D eigenvalue weighted by atomic mass is 10.0. The Morgan fingerprint density at radius 3 is 2.88 bits per heavy atom. The number of anilines is 1. The number of carbonyl (C=O) groups excluding carboxylic acids is 1. The molecule has 0 fully saturated rings. The van der Waals surface area contributed by atoms with Crippen LogP contribution < -0.4 is 10.1 Å². The molecule has 0 bridgehead atoms. The number of rotatable bonds is 4. The monoisotopic (exact) mass is 322 g/mol. The van der Waals surface area contributed by atoms with Crippen LogP contribution >= 0.6 is 0 Å². The van der Waals surface area contributed by atoms with Crippen molar-refractivity contribution in [3.8, 4) is 5.75 Å². The van der Waals surface area contributed by atoms with E-state index in [1.807, 2.05) is 32.0 Å². The Morgan fingerprint density at radius 2 is 2.17 bits per heavy atom. The number of nitrogens with one attached hydrogen (secondary N) is 1. The number of pyridine rings is 1. The molecule has 3 aromatic rings. The molecule has 5 nitrogen and oxygen atoms in total. The van der Waals surface area contributed by atoms with Crippen LogP contribution in [0.4, 0.5) is 5.82 Å². The lowest BCUT2D eigenvalue weighted by Crippen LogP contribution is -2.09. The Labute approximate surface area is 140 Å². The zero-order chi connectivity index (χ0) is 17.1. The van der Waals surface area contributed by atoms with Gasteiger partial charge >= 0.3 is 0 Å². The van der Waals surface area contributed by atoms with Gasteiger partial charge in [-0.1, -0.05) is 6.07 Å². The van der Waals surface area contributed by atoms with Gasteiger partial charge in [-0.2, -0.15) is 0 Å². The maximum Gasteiger partial charge on any atom is 0.249 e. The molecular weight excluding hydrogens is 304 g/mol. The van der Waals surface area contributed by atoms with Gasteiger partial charge in [0, 0.05) is 29.3 Å². The maximum atomic E-state index is 12.2. The van der Waals surface area contributed by atoms with Crippen molar-refractivity contribution in [2.45, 2.75) is 13.8 Å². The summed E-state index contributed by atoms with van der Waals surface area (Å²) in [4.78, 5) is 16.3. The first-order chi connectivity index (χ1) is 11.6. The fourth-order valence-corrected chi connectivity index (χ4v) is 2.53. The largest absolute Gasteiger partial charge is 0.496 e. The van der Waals surface area contributed by atoms with Gasteiger partial charge in [0.05, 0.1) is 13.4 Å². The molecule has 2 aromatic heterocycles. The van der Waals surface area contributed by atoms with E-state index < -0.39 is 0 Å². The smallest absolute Gasteiger partial charge is 0.249 e. The molecule has 5 heteroatoms. The minimum atomic E-state index is -0.239. The summed E-state index contributed by atoms with van der Waals surface area (Å²) < 4.78 is 10.9. The lowest BCUT2D eigenvalue weighted by molar-refractivity contribution is -0.111. The van der Waals surface area contributed by atoms with Crippen LogP contribution in [0, 0.1) is 6.92 Å². The molecular formula is C19H18N2O3. The number of allylic oxidation sites excluding steroid dienone is 1. The van der Waals surface area contributed by atoms with Crippen molar-refractivity contribution in [2.75, 3.05) is 12.4 Å². The molecule has 0 aliphatic rings. The second kappa shape index (κ2) is 6.58. The van der Waals surface area contributed by atoms with Crippen LogP contribution in [0.2, 0.25) is 0 Å². The summed E-state index contributed by atoms with van der Waals surface area (Å²) in [7, 11) is 1.60. The molecule has 0 spiro atoms. The molecule has 0 radical (unpaired) electrons. The van der Waals surface area contributed by atoms with Gasteiger partial charge in [-0.25, -0.2) is 4.98 Å². The highest BCUT2D eigenvalue weighted by atomic mass is 16.5. The normalized spacial score (nSPS) is 11.5. The average Bonchev–Trinajstić information content (AvgIpc) is 2.94. The van der Waals surface area contributed by atoms with Crippen LogP contribution in [-0.2, 0) is 4.79 Å². The Morgan fingerprint density at radius 1 is 1.33 bits per heavy atom. The van der Waals surface area contributed by atoms with Crippen molar-refractivity contribution in [3.63, 3.8) is 0 Å². The lowest BCUT2D eigenvalue weighted by Gasteiger charge is -2.09. The Hall–Kier alpha value is -3.08. The third-order valence-electron chi connectivity index (χ3n) is 3.78. The van der Waals surface area contributed by atoms with Crippen molar-refractivity contribution < 1.29 is 13.9 Å². The number of carbonyl (C=O) groups is 1. The summed E-state index contributed by atoms with van der Waals surface area (Å²) in [6.07, 6.45) is 4.87. The average molecular weight is 322 g/mol. The number of hydrogen-bond donors (Lipinski definition) is 1. The van der Waals surface area contributed by atoms with Gasteiger partial charge in [-0.05, 0) is 43.2 Å². The van der Waals surface area contributed by atoms with E-state index in [-0.39, 0.29) is 5.91 Å². The first kappa shape index (κ1) is 15.8. The molecule has 3 rings (SSSR count). The molecule has 0 unspecified atom stereocenters. The fraction of sp³-hybridized carbons (Fsp3) is 0.158. The van der Waals surface area contributed by atoms with Gasteiger partial charge in [0.25, 0.3) is 0 Å². The molecule has 1 aromatic carbocycles. The van der Waals surface area contributed by atoms with Crippen LogP contribution in [0.15, 0.2) is 53.3 Å². The molecule has 1 amide bonds. The van der Waals surface area contributed by atoms with Crippen LogP contribution in [0.5, 0.6) is 5.75 Å². The second-order valence-electron chi connectivity index (χ2n) is 5.50. The predicted molar refractivity (Wildman–Crippen MR) is 94.0 cm³/mol. The van der Waals surface area contributed by atoms with Gasteiger partial charge in [0.2, 0.25) is 5.91 Å². The number of benzene rings is 1. The number of fused-ring (bicyclic) bond motifs is 1. The standard InChI is InChI=1S/C19H18N2O3/c1-12(8-19(22)21-18-6-4-5-7-20-18)14-9-15-13(2)11-24-17(15)10-16(14)23-3/h4-11H,1-3H3,(H,20,21,22)/b12-8+. The summed E-state index contributed by atoms with van der Waals surface area (Å²) in [5.74, 6) is 0.938. The number of furan rings is 1. The maximum absolute atomic E-state index is 12.2. The van der Waals surface area contributed by atoms with E-state index in [0.717, 1.165) is 27.7 Å². The quantitative estimate of drug-likeness (QED) is 0.732. The highest BCUT2D eigenvalue weighted by Crippen LogP contribution is 2.33. The van der Waals surface area contributed by atoms with Gasteiger partial charge in [0.15, 0.2) is 0 Å². The molecule has 0 atom stereocenters. The summed E-state index contributed by atoms with van der Waals surface area (Å²) in [5.41, 5.74) is 3.45. The van der Waals surface area contributed by atoms with E-state index in [0.29, 0.717) is 11.6 Å². The number of amides is 1. The highest BCUT2D eigenvalue weighted by Gasteiger charge is 2.12. The van der Waals surface area contributed by atoms with Gasteiger partial charge in [-0.3, -0.25) is 4.79 Å². The van der Waals surface area contributed by atoms with Crippen molar-refractivity contribution in [2.24, 2.45) is 0 Å². The first-order valence-corrected chi connectivity index (χ1v) is 7.55. The molecule has 24 heavy (non-hydrogen) atoms. The topological polar surface area (TPSA) is 64.4 Å². The molecule has 0 aliphatic heterocycles. The number of aryl methyl sites for hydroxylation is 1. The van der Waals surface area contributed by atoms with E-state index in [9.17, 15) is 4.79 Å². The first-order valence-electron chi connectivity index (χ1n) is 7.55. The van der Waals surface area contributed by atoms with E-state index in [4.69, 9.17) is 9.15 Å². The minimum absolute atomic E-state index is 0.239. The molecule has 122 valence electrons. The summed E-state index contributed by atoms with van der Waals surface area (Å²) in [6.45, 7) is 3.85. The number of ether oxygens (including phenoxy) is 1. The van der Waals surface area contributed by atoms with Crippen LogP contribution in [0.25, 0.3) is 16.5 Å². The van der Waals surface area contributed by atoms with Crippen molar-refractivity contribution in [1.29, 1.82) is 0 Å².